The summed E-state index contributed by atoms with van der Waals surface area (Å²) in [4.78, 5) is 0. The van der Waals surface area contributed by atoms with E-state index in [4.69, 9.17) is 0 Å². The van der Waals surface area contributed by atoms with Crippen LogP contribution in [0.1, 0.15) is 48.6 Å². The van der Waals surface area contributed by atoms with Crippen molar-refractivity contribution in [1.29, 1.82) is 0 Å². The summed E-state index contributed by atoms with van der Waals surface area (Å²) in [7, 11) is 0. The van der Waals surface area contributed by atoms with Crippen LogP contribution in [0.3, 0.4) is 0 Å². The van der Waals surface area contributed by atoms with E-state index in [2.05, 4.69) is 62.6 Å². The highest BCUT2D eigenvalue weighted by atomic mass is 15.3. The Kier molecular flexibility index (Phi) is 4.61. The van der Waals surface area contributed by atoms with E-state index >= 15 is 0 Å². The highest BCUT2D eigenvalue weighted by Gasteiger charge is 2.19. The van der Waals surface area contributed by atoms with Crippen molar-refractivity contribution in [3.05, 3.63) is 65.5 Å². The maximum Gasteiger partial charge on any atom is 0.149 e. The van der Waals surface area contributed by atoms with E-state index in [-0.39, 0.29) is 6.04 Å². The van der Waals surface area contributed by atoms with Crippen molar-refractivity contribution >= 4 is 0 Å². The van der Waals surface area contributed by atoms with Crippen LogP contribution >= 0.6 is 0 Å². The maximum absolute atomic E-state index is 4.47. The zero-order valence-corrected chi connectivity index (χ0v) is 14.6. The number of hydrogen-bond acceptors (Lipinski definition) is 4. The molecular formula is C19H24N6. The van der Waals surface area contributed by atoms with Crippen molar-refractivity contribution in [2.45, 2.75) is 51.9 Å². The lowest BCUT2D eigenvalue weighted by molar-refractivity contribution is 0.465. The molecule has 0 aliphatic carbocycles. The summed E-state index contributed by atoms with van der Waals surface area (Å²) in [5.41, 5.74) is 2.44. The molecule has 6 nitrogen and oxygen atoms in total. The highest BCUT2D eigenvalue weighted by Crippen LogP contribution is 2.19. The van der Waals surface area contributed by atoms with E-state index in [0.29, 0.717) is 0 Å². The number of rotatable bonds is 6. The van der Waals surface area contributed by atoms with Crippen molar-refractivity contribution in [2.75, 3.05) is 0 Å². The largest absolute Gasteiger partial charge is 0.314 e. The first kappa shape index (κ1) is 16.0. The average molecular weight is 336 g/mol. The third-order valence-corrected chi connectivity index (χ3v) is 4.76. The molecule has 0 unspecified atom stereocenters. The molecule has 1 atom stereocenters. The number of fused-ring (bicyclic) bond motifs is 1. The van der Waals surface area contributed by atoms with Crippen molar-refractivity contribution in [3.8, 4) is 0 Å². The van der Waals surface area contributed by atoms with E-state index in [1.54, 1.807) is 0 Å². The first-order valence-electron chi connectivity index (χ1n) is 9.00. The molecule has 0 saturated carbocycles. The SMILES string of the molecule is C[C@@H](NCc1cnn(Cc2ccccc2)c1)c1nnc2n1CCCC2. The number of hydrogen-bond donors (Lipinski definition) is 1. The van der Waals surface area contributed by atoms with Gasteiger partial charge in [-0.2, -0.15) is 5.10 Å². The Hall–Kier alpha value is -2.47. The Bertz CT molecular complexity index is 820. The van der Waals surface area contributed by atoms with Crippen molar-refractivity contribution in [3.63, 3.8) is 0 Å². The second kappa shape index (κ2) is 7.19. The van der Waals surface area contributed by atoms with E-state index in [1.165, 1.54) is 24.0 Å². The van der Waals surface area contributed by atoms with E-state index in [0.717, 1.165) is 37.7 Å². The maximum atomic E-state index is 4.47. The zero-order chi connectivity index (χ0) is 17.1. The standard InChI is InChI=1S/C19H24N6/c1-15(19-23-22-18-9-5-6-10-25(18)19)20-11-17-12-21-24(14-17)13-16-7-3-2-4-8-16/h2-4,7-8,12,14-15,20H,5-6,9-11,13H2,1H3/t15-/m1/s1. The zero-order valence-electron chi connectivity index (χ0n) is 14.6. The Morgan fingerprint density at radius 2 is 2.00 bits per heavy atom. The fourth-order valence-electron chi connectivity index (χ4n) is 3.37. The van der Waals surface area contributed by atoms with Crippen molar-refractivity contribution < 1.29 is 0 Å². The summed E-state index contributed by atoms with van der Waals surface area (Å²) in [5, 5.41) is 16.8. The Labute approximate surface area is 147 Å². The van der Waals surface area contributed by atoms with Crippen LogP contribution in [-0.4, -0.2) is 24.5 Å². The molecule has 0 saturated heterocycles. The molecule has 3 aromatic rings. The fraction of sp³-hybridized carbons (Fsp3) is 0.421. The molecule has 1 N–H and O–H groups in total. The molecule has 0 amide bonds. The van der Waals surface area contributed by atoms with Crippen LogP contribution in [0.25, 0.3) is 0 Å². The number of benzene rings is 1. The minimum atomic E-state index is 0.178. The summed E-state index contributed by atoms with van der Waals surface area (Å²) in [6, 6.07) is 10.6. The lowest BCUT2D eigenvalue weighted by Crippen LogP contribution is -2.23. The van der Waals surface area contributed by atoms with Crippen LogP contribution in [-0.2, 0) is 26.1 Å². The van der Waals surface area contributed by atoms with Crippen LogP contribution in [0.4, 0.5) is 0 Å². The molecule has 4 rings (SSSR count). The van der Waals surface area contributed by atoms with Gasteiger partial charge in [0.05, 0.1) is 18.8 Å². The normalized spacial score (nSPS) is 15.1. The van der Waals surface area contributed by atoms with Gasteiger partial charge in [-0.1, -0.05) is 30.3 Å². The summed E-state index contributed by atoms with van der Waals surface area (Å²) in [6.45, 7) is 4.77. The van der Waals surface area contributed by atoms with Gasteiger partial charge in [-0.15, -0.1) is 10.2 Å². The third-order valence-electron chi connectivity index (χ3n) is 4.76. The van der Waals surface area contributed by atoms with Crippen LogP contribution in [0.2, 0.25) is 0 Å². The predicted molar refractivity (Wildman–Crippen MR) is 96.0 cm³/mol. The van der Waals surface area contributed by atoms with Gasteiger partial charge in [-0.3, -0.25) is 4.68 Å². The number of aromatic nitrogens is 5. The van der Waals surface area contributed by atoms with Gasteiger partial charge in [0.2, 0.25) is 0 Å². The highest BCUT2D eigenvalue weighted by molar-refractivity contribution is 5.15. The van der Waals surface area contributed by atoms with E-state index in [1.807, 2.05) is 16.9 Å². The van der Waals surface area contributed by atoms with Gasteiger partial charge < -0.3 is 9.88 Å². The van der Waals surface area contributed by atoms with Gasteiger partial charge in [0.15, 0.2) is 0 Å². The first-order chi connectivity index (χ1) is 12.3. The average Bonchev–Trinajstić information content (AvgIpc) is 3.27. The second-order valence-corrected chi connectivity index (χ2v) is 6.72. The van der Waals surface area contributed by atoms with Crippen molar-refractivity contribution in [2.24, 2.45) is 0 Å². The van der Waals surface area contributed by atoms with Gasteiger partial charge in [-0.05, 0) is 25.3 Å². The van der Waals surface area contributed by atoms with Crippen molar-refractivity contribution in [1.82, 2.24) is 29.9 Å². The molecule has 1 aliphatic rings. The number of aryl methyl sites for hydroxylation is 1. The molecule has 1 aliphatic heterocycles. The van der Waals surface area contributed by atoms with Gasteiger partial charge in [0.1, 0.15) is 11.6 Å². The Morgan fingerprint density at radius 1 is 1.12 bits per heavy atom. The lowest BCUT2D eigenvalue weighted by Gasteiger charge is -2.18. The molecule has 0 spiro atoms. The molecule has 1 aromatic carbocycles. The predicted octanol–water partition coefficient (Wildman–Crippen LogP) is 2.71. The summed E-state index contributed by atoms with van der Waals surface area (Å²) in [6.07, 6.45) is 7.53. The third kappa shape index (κ3) is 3.64. The smallest absolute Gasteiger partial charge is 0.149 e. The van der Waals surface area contributed by atoms with Gasteiger partial charge >= 0.3 is 0 Å². The van der Waals surface area contributed by atoms with Crippen LogP contribution < -0.4 is 5.32 Å². The van der Waals surface area contributed by atoms with E-state index < -0.39 is 0 Å². The molecule has 0 fully saturated rings. The molecule has 0 bridgehead atoms. The molecule has 25 heavy (non-hydrogen) atoms. The van der Waals surface area contributed by atoms with Gasteiger partial charge in [-0.25, -0.2) is 0 Å². The Morgan fingerprint density at radius 3 is 2.88 bits per heavy atom. The first-order valence-corrected chi connectivity index (χ1v) is 9.00. The van der Waals surface area contributed by atoms with Crippen LogP contribution in [0, 0.1) is 0 Å². The van der Waals surface area contributed by atoms with Gasteiger partial charge in [0, 0.05) is 31.3 Å². The van der Waals surface area contributed by atoms with Crippen LogP contribution in [0.5, 0.6) is 0 Å². The minimum absolute atomic E-state index is 0.178. The fourth-order valence-corrected chi connectivity index (χ4v) is 3.37. The number of nitrogens with zero attached hydrogens (tertiary/aromatic N) is 5. The molecule has 130 valence electrons. The molecule has 3 heterocycles. The topological polar surface area (TPSA) is 60.6 Å². The lowest BCUT2D eigenvalue weighted by atomic mass is 10.1. The summed E-state index contributed by atoms with van der Waals surface area (Å²) >= 11 is 0. The van der Waals surface area contributed by atoms with Crippen LogP contribution in [0.15, 0.2) is 42.7 Å². The monoisotopic (exact) mass is 336 g/mol. The summed E-state index contributed by atoms with van der Waals surface area (Å²) < 4.78 is 4.26. The quantitative estimate of drug-likeness (QED) is 0.752. The van der Waals surface area contributed by atoms with Gasteiger partial charge in [0.25, 0.3) is 0 Å². The Balaban J connectivity index is 1.36. The summed E-state index contributed by atoms with van der Waals surface area (Å²) in [5.74, 6) is 2.18. The minimum Gasteiger partial charge on any atom is -0.314 e. The second-order valence-electron chi connectivity index (χ2n) is 6.72. The van der Waals surface area contributed by atoms with E-state index in [9.17, 15) is 0 Å². The molecular weight excluding hydrogens is 312 g/mol. The molecule has 2 aromatic heterocycles. The molecule has 6 heteroatoms. The molecule has 0 radical (unpaired) electrons. The number of nitrogens with one attached hydrogen (secondary N) is 1.